The Kier molecular flexibility index (Phi) is 4.38. The van der Waals surface area contributed by atoms with Crippen molar-refractivity contribution >= 4 is 40.0 Å². The summed E-state index contributed by atoms with van der Waals surface area (Å²) in [6.45, 7) is 2.24. The maximum Gasteiger partial charge on any atom is 0.322 e. The van der Waals surface area contributed by atoms with E-state index in [1.165, 1.54) is 45.5 Å². The zero-order valence-corrected chi connectivity index (χ0v) is 21.1. The van der Waals surface area contributed by atoms with E-state index in [1.807, 2.05) is 0 Å². The third kappa shape index (κ3) is 2.57. The molecule has 38 heavy (non-hydrogen) atoms. The Hall–Kier alpha value is -4.83. The number of fused-ring (bicyclic) bond motifs is 7. The molecule has 5 aromatic carbocycles. The monoisotopic (exact) mass is 491 g/mol. The van der Waals surface area contributed by atoms with Crippen LogP contribution in [0.1, 0.15) is 12.5 Å². The standard InChI is InChI=1S/C34H27N4/c1-25-37(27-17-7-3-8-18-27)34(38(25)28-19-9-4-10-20-28)29-21-11-12-22-30(29)36-32-24-14-13-23-31(32)35(33(34)36)26-15-5-2-6-16-26/h2-24,33H,1H3/q+1. The number of anilines is 5. The highest BCUT2D eigenvalue weighted by Gasteiger charge is 2.75. The summed E-state index contributed by atoms with van der Waals surface area (Å²) in [5.74, 6) is 1.21. The first kappa shape index (κ1) is 21.3. The molecule has 0 saturated heterocycles. The Morgan fingerprint density at radius 2 is 1.03 bits per heavy atom. The molecule has 2 unspecified atom stereocenters. The first-order valence-corrected chi connectivity index (χ1v) is 13.2. The minimum atomic E-state index is -0.502. The molecule has 8 rings (SSSR count). The van der Waals surface area contributed by atoms with Crippen LogP contribution in [0.3, 0.4) is 0 Å². The smallest absolute Gasteiger partial charge is 0.310 e. The predicted molar refractivity (Wildman–Crippen MR) is 155 cm³/mol. The largest absolute Gasteiger partial charge is 0.322 e. The highest BCUT2D eigenvalue weighted by molar-refractivity contribution is 6.03. The van der Waals surface area contributed by atoms with E-state index in [0.717, 1.165) is 0 Å². The summed E-state index contributed by atoms with van der Waals surface area (Å²) in [5, 5.41) is 0. The van der Waals surface area contributed by atoms with Crippen LogP contribution in [0.2, 0.25) is 0 Å². The molecule has 0 bridgehead atoms. The number of hydrogen-bond donors (Lipinski definition) is 0. The van der Waals surface area contributed by atoms with E-state index in [0.29, 0.717) is 0 Å². The van der Waals surface area contributed by atoms with E-state index in [2.05, 4.69) is 166 Å². The number of benzene rings is 5. The first-order valence-electron chi connectivity index (χ1n) is 13.2. The van der Waals surface area contributed by atoms with Gasteiger partial charge in [0.1, 0.15) is 11.4 Å². The van der Waals surface area contributed by atoms with Gasteiger partial charge in [0.25, 0.3) is 5.84 Å². The van der Waals surface area contributed by atoms with E-state index < -0.39 is 5.66 Å². The molecule has 0 saturated carbocycles. The normalized spacial score (nSPS) is 20.9. The van der Waals surface area contributed by atoms with Crippen LogP contribution in [-0.2, 0) is 5.66 Å². The van der Waals surface area contributed by atoms with Gasteiger partial charge >= 0.3 is 5.66 Å². The fourth-order valence-corrected chi connectivity index (χ4v) is 6.92. The predicted octanol–water partition coefficient (Wildman–Crippen LogP) is 7.75. The number of amidine groups is 1. The van der Waals surface area contributed by atoms with Gasteiger partial charge in [-0.1, -0.05) is 78.9 Å². The molecule has 0 amide bonds. The molecule has 5 aromatic rings. The second-order valence-electron chi connectivity index (χ2n) is 10.1. The summed E-state index contributed by atoms with van der Waals surface area (Å²) in [6.07, 6.45) is -0.0381. The van der Waals surface area contributed by atoms with Gasteiger partial charge in [-0.3, -0.25) is 0 Å². The number of hydrogen-bond acceptors (Lipinski definition) is 3. The Labute approximate surface area is 222 Å². The van der Waals surface area contributed by atoms with Crippen LogP contribution in [0.25, 0.3) is 0 Å². The van der Waals surface area contributed by atoms with Gasteiger partial charge in [-0.25, -0.2) is 0 Å². The quantitative estimate of drug-likeness (QED) is 0.240. The fourth-order valence-electron chi connectivity index (χ4n) is 6.92. The van der Waals surface area contributed by atoms with Gasteiger partial charge < -0.3 is 9.80 Å². The van der Waals surface area contributed by atoms with Gasteiger partial charge in [0.15, 0.2) is 0 Å². The molecule has 3 aliphatic heterocycles. The van der Waals surface area contributed by atoms with Gasteiger partial charge in [0, 0.05) is 12.6 Å². The summed E-state index contributed by atoms with van der Waals surface area (Å²) in [4.78, 5) is 7.63. The van der Waals surface area contributed by atoms with Crippen molar-refractivity contribution in [2.45, 2.75) is 18.8 Å². The van der Waals surface area contributed by atoms with Gasteiger partial charge in [-0.05, 0) is 60.7 Å². The Bertz CT molecular complexity index is 1680. The van der Waals surface area contributed by atoms with E-state index in [1.54, 1.807) is 0 Å². The van der Waals surface area contributed by atoms with Crippen molar-refractivity contribution in [1.29, 1.82) is 0 Å². The maximum absolute atomic E-state index is 2.55. The Morgan fingerprint density at radius 1 is 0.526 bits per heavy atom. The second-order valence-corrected chi connectivity index (χ2v) is 10.1. The van der Waals surface area contributed by atoms with Crippen LogP contribution in [0.4, 0.5) is 34.1 Å². The highest BCUT2D eigenvalue weighted by atomic mass is 15.6. The third-order valence-corrected chi connectivity index (χ3v) is 8.20. The average Bonchev–Trinajstić information content (AvgIpc) is 3.47. The van der Waals surface area contributed by atoms with Crippen LogP contribution < -0.4 is 14.7 Å². The van der Waals surface area contributed by atoms with E-state index in [-0.39, 0.29) is 6.17 Å². The van der Waals surface area contributed by atoms with Crippen LogP contribution in [0.5, 0.6) is 0 Å². The van der Waals surface area contributed by atoms with Crippen LogP contribution in [0, 0.1) is 0 Å². The van der Waals surface area contributed by atoms with E-state index >= 15 is 0 Å². The van der Waals surface area contributed by atoms with Crippen molar-refractivity contribution in [1.82, 2.24) is 0 Å². The molecule has 0 aliphatic carbocycles. The first-order chi connectivity index (χ1) is 18.8. The van der Waals surface area contributed by atoms with Gasteiger partial charge in [0.2, 0.25) is 6.17 Å². The third-order valence-electron chi connectivity index (χ3n) is 8.20. The second kappa shape index (κ2) is 7.83. The van der Waals surface area contributed by atoms with Gasteiger partial charge in [-0.2, -0.15) is 9.48 Å². The molecular weight excluding hydrogens is 464 g/mol. The zero-order valence-electron chi connectivity index (χ0n) is 21.1. The molecule has 2 atom stereocenters. The minimum absolute atomic E-state index is 0.0381. The van der Waals surface area contributed by atoms with Crippen molar-refractivity contribution in [3.8, 4) is 0 Å². The van der Waals surface area contributed by atoms with Gasteiger partial charge in [-0.15, -0.1) is 0 Å². The summed E-state index contributed by atoms with van der Waals surface area (Å²) in [5.41, 5.74) is 8.08. The highest BCUT2D eigenvalue weighted by Crippen LogP contribution is 2.63. The SMILES string of the molecule is CC1=[N+](c2ccccc2)C2(c3ccccc3N3c4ccccc4N(c4ccccc4)C32)N1c1ccccc1. The Balaban J connectivity index is 1.49. The Morgan fingerprint density at radius 3 is 1.68 bits per heavy atom. The molecule has 4 nitrogen and oxygen atoms in total. The van der Waals surface area contributed by atoms with Gasteiger partial charge in [0.05, 0.1) is 22.6 Å². The molecule has 4 heteroatoms. The molecule has 1 spiro atoms. The van der Waals surface area contributed by atoms with Crippen molar-refractivity contribution in [3.05, 3.63) is 145 Å². The van der Waals surface area contributed by atoms with Crippen molar-refractivity contribution in [2.75, 3.05) is 14.7 Å². The molecule has 3 aliphatic rings. The molecule has 0 fully saturated rings. The van der Waals surface area contributed by atoms with Crippen LogP contribution >= 0.6 is 0 Å². The lowest BCUT2D eigenvalue weighted by molar-refractivity contribution is -0.574. The molecular formula is C34H27N4+. The average molecular weight is 492 g/mol. The number of nitrogens with zero attached hydrogens (tertiary/aromatic N) is 4. The van der Waals surface area contributed by atoms with Crippen molar-refractivity contribution < 1.29 is 4.58 Å². The van der Waals surface area contributed by atoms with Crippen LogP contribution in [0.15, 0.2) is 140 Å². The zero-order chi connectivity index (χ0) is 25.3. The molecule has 182 valence electrons. The molecule has 0 N–H and O–H groups in total. The van der Waals surface area contributed by atoms with E-state index in [4.69, 9.17) is 0 Å². The fraction of sp³-hybridized carbons (Fsp3) is 0.0882. The summed E-state index contributed by atoms with van der Waals surface area (Å²) in [7, 11) is 0. The number of para-hydroxylation sites is 6. The van der Waals surface area contributed by atoms with E-state index in [9.17, 15) is 0 Å². The van der Waals surface area contributed by atoms with Crippen LogP contribution in [-0.4, -0.2) is 16.6 Å². The summed E-state index contributed by atoms with van der Waals surface area (Å²) < 4.78 is 2.55. The lowest BCUT2D eigenvalue weighted by atomic mass is 9.88. The molecule has 3 heterocycles. The summed E-state index contributed by atoms with van der Waals surface area (Å²) in [6, 6.07) is 50.2. The maximum atomic E-state index is 2.55. The van der Waals surface area contributed by atoms with Crippen molar-refractivity contribution in [3.63, 3.8) is 0 Å². The lowest BCUT2D eigenvalue weighted by Crippen LogP contribution is -2.74. The minimum Gasteiger partial charge on any atom is -0.310 e. The summed E-state index contributed by atoms with van der Waals surface area (Å²) >= 11 is 0. The lowest BCUT2D eigenvalue weighted by Gasteiger charge is -2.50. The molecule has 0 aromatic heterocycles. The number of rotatable bonds is 3. The molecule has 0 radical (unpaired) electrons. The topological polar surface area (TPSA) is 12.7 Å². The van der Waals surface area contributed by atoms with Crippen molar-refractivity contribution in [2.24, 2.45) is 0 Å².